The van der Waals surface area contributed by atoms with Crippen molar-refractivity contribution in [1.82, 2.24) is 15.2 Å². The molecule has 128 valence electrons. The van der Waals surface area contributed by atoms with Gasteiger partial charge in [-0.15, -0.1) is 0 Å². The Morgan fingerprint density at radius 1 is 1.20 bits per heavy atom. The van der Waals surface area contributed by atoms with Crippen LogP contribution in [0.3, 0.4) is 0 Å². The molecule has 1 aliphatic heterocycles. The van der Waals surface area contributed by atoms with Gasteiger partial charge in [-0.05, 0) is 42.7 Å². The number of nitrogens with zero attached hydrogens (tertiary/aromatic N) is 3. The van der Waals surface area contributed by atoms with Crippen LogP contribution in [0.25, 0.3) is 17.0 Å². The van der Waals surface area contributed by atoms with Crippen LogP contribution in [0, 0.1) is 0 Å². The van der Waals surface area contributed by atoms with Gasteiger partial charge in [-0.3, -0.25) is 14.7 Å². The molecule has 1 saturated carbocycles. The Bertz CT molecular complexity index is 865. The molecule has 2 aromatic rings. The number of benzene rings is 1. The molecule has 0 spiro atoms. The first-order chi connectivity index (χ1) is 12.2. The molecule has 2 heterocycles. The lowest BCUT2D eigenvalue weighted by Gasteiger charge is -2.25. The van der Waals surface area contributed by atoms with Crippen molar-refractivity contribution in [2.75, 3.05) is 7.05 Å². The van der Waals surface area contributed by atoms with E-state index >= 15 is 0 Å². The number of carbonyl (C=O) groups excluding carboxylic acids is 1. The van der Waals surface area contributed by atoms with Crippen molar-refractivity contribution in [2.45, 2.75) is 38.1 Å². The quantitative estimate of drug-likeness (QED) is 0.857. The van der Waals surface area contributed by atoms with Crippen molar-refractivity contribution in [1.29, 1.82) is 0 Å². The van der Waals surface area contributed by atoms with Gasteiger partial charge in [0.15, 0.2) is 0 Å². The van der Waals surface area contributed by atoms with E-state index in [0.717, 1.165) is 29.3 Å². The van der Waals surface area contributed by atoms with Crippen LogP contribution in [0.4, 0.5) is 0 Å². The molecule has 0 bridgehead atoms. The number of likely N-dealkylation sites (N-methyl/N-ethyl adjacent to an activating group) is 1. The third-order valence-electron chi connectivity index (χ3n) is 4.94. The molecular weight excluding hydrogens is 312 g/mol. The van der Waals surface area contributed by atoms with E-state index in [1.807, 2.05) is 36.4 Å². The number of hydrogen-bond acceptors (Lipinski definition) is 4. The summed E-state index contributed by atoms with van der Waals surface area (Å²) in [5, 5.41) is 4.50. The second-order valence-corrected chi connectivity index (χ2v) is 6.76. The predicted octanol–water partition coefficient (Wildman–Crippen LogP) is 3.33. The van der Waals surface area contributed by atoms with E-state index in [-0.39, 0.29) is 5.91 Å². The summed E-state index contributed by atoms with van der Waals surface area (Å²) in [7, 11) is 1.78. The highest BCUT2D eigenvalue weighted by Gasteiger charge is 2.28. The molecule has 1 aromatic heterocycles. The number of nitrogens with one attached hydrogen (secondary N) is 1. The van der Waals surface area contributed by atoms with Crippen LogP contribution >= 0.6 is 0 Å². The third kappa shape index (κ3) is 3.27. The Labute approximate surface area is 147 Å². The van der Waals surface area contributed by atoms with Gasteiger partial charge in [0, 0.05) is 24.7 Å². The lowest BCUT2D eigenvalue weighted by Crippen LogP contribution is -2.44. The van der Waals surface area contributed by atoms with Gasteiger partial charge in [-0.25, -0.2) is 4.99 Å². The van der Waals surface area contributed by atoms with Gasteiger partial charge >= 0.3 is 0 Å². The fourth-order valence-electron chi connectivity index (χ4n) is 3.50. The Kier molecular flexibility index (Phi) is 4.22. The lowest BCUT2D eigenvalue weighted by molar-refractivity contribution is -0.121. The molecule has 1 aromatic carbocycles. The summed E-state index contributed by atoms with van der Waals surface area (Å²) in [5.74, 6) is 0.607. The van der Waals surface area contributed by atoms with E-state index < -0.39 is 0 Å². The van der Waals surface area contributed by atoms with Crippen LogP contribution in [-0.2, 0) is 4.79 Å². The number of amides is 1. The minimum absolute atomic E-state index is 0.0652. The topological polar surface area (TPSA) is 57.6 Å². The van der Waals surface area contributed by atoms with Gasteiger partial charge < -0.3 is 5.32 Å². The molecular formula is C20H22N4O. The SMILES string of the molecule is CN1C(=O)/C(=C/c2ccc3ncccc3c2)N=C1NC1CCCCC1. The molecule has 0 atom stereocenters. The number of aliphatic imine (C=N–C) groups is 1. The van der Waals surface area contributed by atoms with Gasteiger partial charge in [-0.1, -0.05) is 31.4 Å². The van der Waals surface area contributed by atoms with Gasteiger partial charge in [0.1, 0.15) is 5.70 Å². The van der Waals surface area contributed by atoms with Crippen LogP contribution in [0.2, 0.25) is 0 Å². The van der Waals surface area contributed by atoms with Gasteiger partial charge in [0.05, 0.1) is 5.52 Å². The lowest BCUT2D eigenvalue weighted by atomic mass is 9.96. The number of pyridine rings is 1. The minimum atomic E-state index is -0.0652. The zero-order valence-corrected chi connectivity index (χ0v) is 14.4. The number of rotatable bonds is 2. The Hall–Kier alpha value is -2.69. The van der Waals surface area contributed by atoms with Crippen LogP contribution < -0.4 is 5.32 Å². The normalized spacial score (nSPS) is 20.4. The third-order valence-corrected chi connectivity index (χ3v) is 4.94. The molecule has 2 aliphatic rings. The van der Waals surface area contributed by atoms with E-state index in [1.165, 1.54) is 19.3 Å². The summed E-state index contributed by atoms with van der Waals surface area (Å²) in [5.41, 5.74) is 2.38. The highest BCUT2D eigenvalue weighted by Crippen LogP contribution is 2.22. The van der Waals surface area contributed by atoms with E-state index in [2.05, 4.69) is 15.3 Å². The van der Waals surface area contributed by atoms with E-state index in [4.69, 9.17) is 0 Å². The predicted molar refractivity (Wildman–Crippen MR) is 99.9 cm³/mol. The number of hydrogen-bond donors (Lipinski definition) is 1. The maximum atomic E-state index is 12.5. The van der Waals surface area contributed by atoms with Crippen LogP contribution in [-0.4, -0.2) is 34.8 Å². The number of carbonyl (C=O) groups is 1. The summed E-state index contributed by atoms with van der Waals surface area (Å²) in [4.78, 5) is 23.0. The monoisotopic (exact) mass is 334 g/mol. The minimum Gasteiger partial charge on any atom is -0.353 e. The second kappa shape index (κ2) is 6.67. The molecule has 25 heavy (non-hydrogen) atoms. The van der Waals surface area contributed by atoms with Gasteiger partial charge in [-0.2, -0.15) is 0 Å². The maximum absolute atomic E-state index is 12.5. The van der Waals surface area contributed by atoms with Crippen molar-refractivity contribution in [3.63, 3.8) is 0 Å². The molecule has 0 saturated heterocycles. The van der Waals surface area contributed by atoms with E-state index in [1.54, 1.807) is 18.1 Å². The molecule has 5 heteroatoms. The first kappa shape index (κ1) is 15.8. The highest BCUT2D eigenvalue weighted by atomic mass is 16.2. The average Bonchev–Trinajstić information content (AvgIpc) is 2.90. The standard InChI is InChI=1S/C20H22N4O/c1-24-19(25)18(23-20(24)22-16-7-3-2-4-8-16)13-14-9-10-17-15(12-14)6-5-11-21-17/h5-6,9-13,16H,2-4,7-8H2,1H3,(H,22,23)/b18-13-. The Morgan fingerprint density at radius 2 is 2.04 bits per heavy atom. The molecule has 1 fully saturated rings. The first-order valence-corrected chi connectivity index (χ1v) is 8.90. The van der Waals surface area contributed by atoms with E-state index in [9.17, 15) is 4.79 Å². The molecule has 1 N–H and O–H groups in total. The van der Waals surface area contributed by atoms with Crippen molar-refractivity contribution in [2.24, 2.45) is 4.99 Å². The molecule has 4 rings (SSSR count). The second-order valence-electron chi connectivity index (χ2n) is 6.76. The zero-order chi connectivity index (χ0) is 17.2. The smallest absolute Gasteiger partial charge is 0.279 e. The largest absolute Gasteiger partial charge is 0.353 e. The fourth-order valence-corrected chi connectivity index (χ4v) is 3.50. The van der Waals surface area contributed by atoms with Crippen LogP contribution in [0.1, 0.15) is 37.7 Å². The molecule has 0 radical (unpaired) electrons. The van der Waals surface area contributed by atoms with E-state index in [0.29, 0.717) is 17.7 Å². The van der Waals surface area contributed by atoms with Crippen molar-refractivity contribution in [3.05, 3.63) is 47.8 Å². The molecule has 1 amide bonds. The maximum Gasteiger partial charge on any atom is 0.279 e. The van der Waals surface area contributed by atoms with Crippen LogP contribution in [0.5, 0.6) is 0 Å². The molecule has 1 aliphatic carbocycles. The summed E-state index contributed by atoms with van der Waals surface area (Å²) < 4.78 is 0. The van der Waals surface area contributed by atoms with Gasteiger partial charge in [0.25, 0.3) is 5.91 Å². The summed E-state index contributed by atoms with van der Waals surface area (Å²) >= 11 is 0. The van der Waals surface area contributed by atoms with Gasteiger partial charge in [0.2, 0.25) is 5.96 Å². The summed E-state index contributed by atoms with van der Waals surface area (Å²) in [6.45, 7) is 0. The van der Waals surface area contributed by atoms with Crippen molar-refractivity contribution < 1.29 is 4.79 Å². The molecule has 5 nitrogen and oxygen atoms in total. The molecule has 0 unspecified atom stereocenters. The average molecular weight is 334 g/mol. The summed E-state index contributed by atoms with van der Waals surface area (Å²) in [6, 6.07) is 10.3. The highest BCUT2D eigenvalue weighted by molar-refractivity contribution is 6.13. The number of guanidine groups is 1. The Balaban J connectivity index is 1.59. The first-order valence-electron chi connectivity index (χ1n) is 8.90. The van der Waals surface area contributed by atoms with Crippen molar-refractivity contribution >= 4 is 28.8 Å². The summed E-state index contributed by atoms with van der Waals surface area (Å²) in [6.07, 6.45) is 9.73. The number of aromatic nitrogens is 1. The Morgan fingerprint density at radius 3 is 2.88 bits per heavy atom. The van der Waals surface area contributed by atoms with Crippen LogP contribution in [0.15, 0.2) is 47.2 Å². The zero-order valence-electron chi connectivity index (χ0n) is 14.4. The number of fused-ring (bicyclic) bond motifs is 1. The fraction of sp³-hybridized carbons (Fsp3) is 0.350. The van der Waals surface area contributed by atoms with Crippen molar-refractivity contribution in [3.8, 4) is 0 Å².